The summed E-state index contributed by atoms with van der Waals surface area (Å²) in [6, 6.07) is 3.30. The minimum absolute atomic E-state index is 0.397. The molecule has 0 bridgehead atoms. The van der Waals surface area contributed by atoms with Crippen molar-refractivity contribution in [3.8, 4) is 5.75 Å². The van der Waals surface area contributed by atoms with Crippen LogP contribution >= 0.6 is 39.1 Å². The van der Waals surface area contributed by atoms with Crippen molar-refractivity contribution < 1.29 is 14.6 Å². The van der Waals surface area contributed by atoms with E-state index in [1.807, 2.05) is 0 Å². The third kappa shape index (κ3) is 4.86. The maximum absolute atomic E-state index is 10.9. The number of halogens is 3. The second-order valence-corrected chi connectivity index (χ2v) is 6.51. The van der Waals surface area contributed by atoms with Crippen molar-refractivity contribution in [2.75, 3.05) is 6.61 Å². The lowest BCUT2D eigenvalue weighted by atomic mass is 9.88. The van der Waals surface area contributed by atoms with Crippen LogP contribution in [0.2, 0.25) is 10.0 Å². The summed E-state index contributed by atoms with van der Waals surface area (Å²) in [6.07, 6.45) is 1.16. The Morgan fingerprint density at radius 2 is 2.00 bits per heavy atom. The zero-order valence-electron chi connectivity index (χ0n) is 10.7. The van der Waals surface area contributed by atoms with Crippen LogP contribution in [-0.2, 0) is 4.79 Å². The van der Waals surface area contributed by atoms with E-state index in [-0.39, 0.29) is 0 Å². The molecule has 0 aliphatic carbocycles. The summed E-state index contributed by atoms with van der Waals surface area (Å²) >= 11 is 15.2. The average Bonchev–Trinajstić information content (AvgIpc) is 2.30. The Labute approximate surface area is 131 Å². The highest BCUT2D eigenvalue weighted by molar-refractivity contribution is 9.10. The first kappa shape index (κ1) is 16.6. The molecule has 0 fully saturated rings. The molecule has 0 unspecified atom stereocenters. The quantitative estimate of drug-likeness (QED) is 0.565. The maximum Gasteiger partial charge on any atom is 0.309 e. The second kappa shape index (κ2) is 6.82. The van der Waals surface area contributed by atoms with E-state index in [1.165, 1.54) is 0 Å². The van der Waals surface area contributed by atoms with Crippen molar-refractivity contribution in [3.05, 3.63) is 26.7 Å². The van der Waals surface area contributed by atoms with Gasteiger partial charge in [0.15, 0.2) is 0 Å². The number of benzene rings is 1. The second-order valence-electron chi connectivity index (χ2n) is 4.84. The van der Waals surface area contributed by atoms with Gasteiger partial charge in [-0.3, -0.25) is 4.79 Å². The summed E-state index contributed by atoms with van der Waals surface area (Å²) in [4.78, 5) is 10.9. The van der Waals surface area contributed by atoms with E-state index in [1.54, 1.807) is 26.0 Å². The standard InChI is InChI=1S/C13H15BrCl2O3/c1-13(2,12(17)18)4-3-5-19-11-7-9(15)8(14)6-10(11)16/h6-7H,3-5H2,1-2H3,(H,17,18). The molecule has 0 spiro atoms. The number of carboxylic acids is 1. The number of ether oxygens (including phenoxy) is 1. The lowest BCUT2D eigenvalue weighted by Gasteiger charge is -2.18. The molecular weight excluding hydrogens is 355 g/mol. The first-order valence-electron chi connectivity index (χ1n) is 5.75. The SMILES string of the molecule is CC(C)(CCCOc1cc(Cl)c(Br)cc1Cl)C(=O)O. The predicted molar refractivity (Wildman–Crippen MR) is 80.3 cm³/mol. The van der Waals surface area contributed by atoms with E-state index in [2.05, 4.69) is 15.9 Å². The topological polar surface area (TPSA) is 46.5 Å². The molecule has 0 radical (unpaired) electrons. The number of aliphatic carboxylic acids is 1. The zero-order chi connectivity index (χ0) is 14.6. The molecule has 0 aliphatic rings. The molecule has 6 heteroatoms. The third-order valence-electron chi connectivity index (χ3n) is 2.76. The summed E-state index contributed by atoms with van der Waals surface area (Å²) < 4.78 is 6.22. The molecule has 1 rings (SSSR count). The summed E-state index contributed by atoms with van der Waals surface area (Å²) in [6.45, 7) is 3.78. The molecule has 1 aromatic carbocycles. The number of carboxylic acid groups (broad SMARTS) is 1. The van der Waals surface area contributed by atoms with Gasteiger partial charge in [-0.05, 0) is 48.7 Å². The number of hydrogen-bond donors (Lipinski definition) is 1. The minimum atomic E-state index is -0.808. The highest BCUT2D eigenvalue weighted by Gasteiger charge is 2.26. The lowest BCUT2D eigenvalue weighted by Crippen LogP contribution is -2.24. The summed E-state index contributed by atoms with van der Waals surface area (Å²) in [5.74, 6) is -0.305. The molecule has 0 aliphatic heterocycles. The Bertz CT molecular complexity index is 475. The molecule has 1 aromatic rings. The largest absolute Gasteiger partial charge is 0.492 e. The van der Waals surface area contributed by atoms with Crippen molar-refractivity contribution in [2.45, 2.75) is 26.7 Å². The van der Waals surface area contributed by atoms with E-state index in [0.29, 0.717) is 39.7 Å². The Kier molecular flexibility index (Phi) is 5.96. The van der Waals surface area contributed by atoms with Gasteiger partial charge in [0, 0.05) is 10.5 Å². The van der Waals surface area contributed by atoms with Crippen LogP contribution in [0, 0.1) is 5.41 Å². The van der Waals surface area contributed by atoms with E-state index in [0.717, 1.165) is 0 Å². The van der Waals surface area contributed by atoms with Crippen LogP contribution in [0.25, 0.3) is 0 Å². The molecule has 0 heterocycles. The van der Waals surface area contributed by atoms with Crippen LogP contribution in [0.5, 0.6) is 5.75 Å². The molecule has 0 saturated heterocycles. The van der Waals surface area contributed by atoms with Crippen molar-refractivity contribution in [3.63, 3.8) is 0 Å². The molecule has 0 atom stereocenters. The van der Waals surface area contributed by atoms with E-state index in [4.69, 9.17) is 33.0 Å². The Morgan fingerprint density at radius 3 is 2.58 bits per heavy atom. The van der Waals surface area contributed by atoms with Gasteiger partial charge in [0.25, 0.3) is 0 Å². The summed E-state index contributed by atoms with van der Waals surface area (Å²) in [7, 11) is 0. The fourth-order valence-corrected chi connectivity index (χ4v) is 2.27. The third-order valence-corrected chi connectivity index (χ3v) is 4.25. The Morgan fingerprint density at radius 1 is 1.37 bits per heavy atom. The lowest BCUT2D eigenvalue weighted by molar-refractivity contribution is -0.147. The molecule has 106 valence electrons. The van der Waals surface area contributed by atoms with Crippen LogP contribution < -0.4 is 4.74 Å². The molecule has 0 aromatic heterocycles. The van der Waals surface area contributed by atoms with Crippen molar-refractivity contribution in [2.24, 2.45) is 5.41 Å². The first-order chi connectivity index (χ1) is 8.74. The molecule has 0 saturated carbocycles. The molecule has 1 N–H and O–H groups in total. The van der Waals surface area contributed by atoms with Gasteiger partial charge in [0.2, 0.25) is 0 Å². The van der Waals surface area contributed by atoms with Crippen LogP contribution in [-0.4, -0.2) is 17.7 Å². The molecular formula is C13H15BrCl2O3. The number of hydrogen-bond acceptors (Lipinski definition) is 2. The van der Waals surface area contributed by atoms with Crippen molar-refractivity contribution >= 4 is 45.1 Å². The highest BCUT2D eigenvalue weighted by Crippen LogP contribution is 2.34. The Balaban J connectivity index is 2.51. The zero-order valence-corrected chi connectivity index (χ0v) is 13.8. The van der Waals surface area contributed by atoms with Gasteiger partial charge in [-0.15, -0.1) is 0 Å². The van der Waals surface area contributed by atoms with Gasteiger partial charge in [-0.25, -0.2) is 0 Å². The normalized spacial score (nSPS) is 11.4. The van der Waals surface area contributed by atoms with Crippen LogP contribution in [0.3, 0.4) is 0 Å². The molecule has 19 heavy (non-hydrogen) atoms. The highest BCUT2D eigenvalue weighted by atomic mass is 79.9. The van der Waals surface area contributed by atoms with Gasteiger partial charge in [-0.1, -0.05) is 23.2 Å². The predicted octanol–water partition coefficient (Wildman–Crippen LogP) is 5.03. The van der Waals surface area contributed by atoms with Gasteiger partial charge >= 0.3 is 5.97 Å². The summed E-state index contributed by atoms with van der Waals surface area (Å²) in [5, 5.41) is 9.97. The van der Waals surface area contributed by atoms with Crippen LogP contribution in [0.15, 0.2) is 16.6 Å². The van der Waals surface area contributed by atoms with E-state index in [9.17, 15) is 4.79 Å². The first-order valence-corrected chi connectivity index (χ1v) is 7.29. The average molecular weight is 370 g/mol. The van der Waals surface area contributed by atoms with Crippen LogP contribution in [0.1, 0.15) is 26.7 Å². The minimum Gasteiger partial charge on any atom is -0.492 e. The van der Waals surface area contributed by atoms with E-state index >= 15 is 0 Å². The van der Waals surface area contributed by atoms with Gasteiger partial charge in [0.05, 0.1) is 22.1 Å². The molecule has 3 nitrogen and oxygen atoms in total. The smallest absolute Gasteiger partial charge is 0.309 e. The van der Waals surface area contributed by atoms with Gasteiger partial charge < -0.3 is 9.84 Å². The van der Waals surface area contributed by atoms with Gasteiger partial charge in [0.1, 0.15) is 5.75 Å². The molecule has 0 amide bonds. The fourth-order valence-electron chi connectivity index (χ4n) is 1.42. The summed E-state index contributed by atoms with van der Waals surface area (Å²) in [5.41, 5.74) is -0.746. The number of carbonyl (C=O) groups is 1. The van der Waals surface area contributed by atoms with Crippen LogP contribution in [0.4, 0.5) is 0 Å². The van der Waals surface area contributed by atoms with Crippen molar-refractivity contribution in [1.82, 2.24) is 0 Å². The van der Waals surface area contributed by atoms with E-state index < -0.39 is 11.4 Å². The Hall–Kier alpha value is -0.450. The van der Waals surface area contributed by atoms with Crippen molar-refractivity contribution in [1.29, 1.82) is 0 Å². The fraction of sp³-hybridized carbons (Fsp3) is 0.462. The monoisotopic (exact) mass is 368 g/mol. The number of rotatable bonds is 6. The maximum atomic E-state index is 10.9. The van der Waals surface area contributed by atoms with Gasteiger partial charge in [-0.2, -0.15) is 0 Å².